The molecule has 3 aromatic rings. The van der Waals surface area contributed by atoms with E-state index in [1.165, 1.54) is 6.42 Å². The quantitative estimate of drug-likeness (QED) is 0.720. The predicted octanol–water partition coefficient (Wildman–Crippen LogP) is 2.43. The van der Waals surface area contributed by atoms with E-state index >= 15 is 0 Å². The van der Waals surface area contributed by atoms with Crippen LogP contribution < -0.4 is 4.90 Å². The Kier molecular flexibility index (Phi) is 4.60. The van der Waals surface area contributed by atoms with E-state index in [4.69, 9.17) is 4.98 Å². The van der Waals surface area contributed by atoms with Gasteiger partial charge >= 0.3 is 0 Å². The highest BCUT2D eigenvalue weighted by Gasteiger charge is 2.22. The van der Waals surface area contributed by atoms with Gasteiger partial charge in [-0.3, -0.25) is 4.98 Å². The SMILES string of the molecule is Cc1ncc(-c2cncc(CC3CCCN(c4ncccn4)C3)n2)n1C. The number of aromatic nitrogens is 6. The van der Waals surface area contributed by atoms with Gasteiger partial charge in [-0.05, 0) is 38.2 Å². The lowest BCUT2D eigenvalue weighted by atomic mass is 9.93. The Morgan fingerprint density at radius 2 is 1.96 bits per heavy atom. The van der Waals surface area contributed by atoms with Crippen LogP contribution in [-0.2, 0) is 13.5 Å². The van der Waals surface area contributed by atoms with E-state index in [1.54, 1.807) is 12.4 Å². The molecule has 7 nitrogen and oxygen atoms in total. The first-order valence-corrected chi connectivity index (χ1v) is 9.02. The van der Waals surface area contributed by atoms with E-state index < -0.39 is 0 Å². The Hall–Kier alpha value is -2.83. The third kappa shape index (κ3) is 3.42. The van der Waals surface area contributed by atoms with Crippen molar-refractivity contribution in [3.8, 4) is 11.4 Å². The highest BCUT2D eigenvalue weighted by molar-refractivity contribution is 5.53. The fraction of sp³-hybridized carbons (Fsp3) is 0.421. The van der Waals surface area contributed by atoms with Crippen molar-refractivity contribution in [2.75, 3.05) is 18.0 Å². The number of hydrogen-bond donors (Lipinski definition) is 0. The van der Waals surface area contributed by atoms with E-state index in [2.05, 4.69) is 24.8 Å². The van der Waals surface area contributed by atoms with Gasteiger partial charge in [-0.1, -0.05) is 0 Å². The molecule has 1 saturated heterocycles. The minimum absolute atomic E-state index is 0.533. The second-order valence-electron chi connectivity index (χ2n) is 6.85. The third-order valence-electron chi connectivity index (χ3n) is 5.02. The molecule has 0 aliphatic carbocycles. The zero-order valence-electron chi connectivity index (χ0n) is 15.2. The largest absolute Gasteiger partial charge is 0.341 e. The summed E-state index contributed by atoms with van der Waals surface area (Å²) in [6, 6.07) is 1.85. The van der Waals surface area contributed by atoms with E-state index in [9.17, 15) is 0 Å². The molecule has 0 bridgehead atoms. The molecule has 3 aromatic heterocycles. The Morgan fingerprint density at radius 3 is 2.73 bits per heavy atom. The van der Waals surface area contributed by atoms with Gasteiger partial charge in [0, 0.05) is 38.7 Å². The fourth-order valence-electron chi connectivity index (χ4n) is 3.53. The van der Waals surface area contributed by atoms with Crippen LogP contribution in [0, 0.1) is 12.8 Å². The molecule has 4 heterocycles. The maximum atomic E-state index is 4.84. The Balaban J connectivity index is 1.49. The monoisotopic (exact) mass is 349 g/mol. The van der Waals surface area contributed by atoms with Gasteiger partial charge in [0.1, 0.15) is 11.5 Å². The molecule has 0 aromatic carbocycles. The first kappa shape index (κ1) is 16.6. The lowest BCUT2D eigenvalue weighted by Gasteiger charge is -2.32. The second kappa shape index (κ2) is 7.19. The average molecular weight is 349 g/mol. The number of anilines is 1. The van der Waals surface area contributed by atoms with Gasteiger partial charge in [0.15, 0.2) is 0 Å². The first-order chi connectivity index (χ1) is 12.7. The number of rotatable bonds is 4. The summed E-state index contributed by atoms with van der Waals surface area (Å²) in [4.78, 5) is 24.7. The van der Waals surface area contributed by atoms with Gasteiger partial charge in [0.05, 0.1) is 23.8 Å². The molecule has 1 aliphatic heterocycles. The number of imidazole rings is 1. The van der Waals surface area contributed by atoms with Crippen molar-refractivity contribution in [3.05, 3.63) is 48.6 Å². The maximum Gasteiger partial charge on any atom is 0.225 e. The Morgan fingerprint density at radius 1 is 1.12 bits per heavy atom. The van der Waals surface area contributed by atoms with Crippen molar-refractivity contribution < 1.29 is 0 Å². The number of piperidine rings is 1. The molecule has 1 unspecified atom stereocenters. The third-order valence-corrected chi connectivity index (χ3v) is 5.02. The summed E-state index contributed by atoms with van der Waals surface area (Å²) >= 11 is 0. The van der Waals surface area contributed by atoms with E-state index in [0.29, 0.717) is 5.92 Å². The summed E-state index contributed by atoms with van der Waals surface area (Å²) in [5.74, 6) is 2.32. The van der Waals surface area contributed by atoms with Crippen LogP contribution in [0.5, 0.6) is 0 Å². The zero-order chi connectivity index (χ0) is 17.9. The molecule has 4 rings (SSSR count). The van der Waals surface area contributed by atoms with Gasteiger partial charge in [0.2, 0.25) is 5.95 Å². The molecule has 134 valence electrons. The van der Waals surface area contributed by atoms with Crippen LogP contribution in [0.1, 0.15) is 24.4 Å². The summed E-state index contributed by atoms with van der Waals surface area (Å²) in [6.45, 7) is 3.96. The van der Waals surface area contributed by atoms with Crippen molar-refractivity contribution >= 4 is 5.95 Å². The van der Waals surface area contributed by atoms with Crippen molar-refractivity contribution in [2.24, 2.45) is 13.0 Å². The summed E-state index contributed by atoms with van der Waals surface area (Å²) < 4.78 is 2.04. The van der Waals surface area contributed by atoms with Gasteiger partial charge < -0.3 is 9.47 Å². The molecule has 1 aliphatic rings. The van der Waals surface area contributed by atoms with Crippen LogP contribution in [0.15, 0.2) is 37.1 Å². The molecule has 0 saturated carbocycles. The molecule has 1 fully saturated rings. The topological polar surface area (TPSA) is 72.6 Å². The Bertz CT molecular complexity index is 875. The molecule has 7 heteroatoms. The minimum Gasteiger partial charge on any atom is -0.341 e. The highest BCUT2D eigenvalue weighted by Crippen LogP contribution is 2.24. The van der Waals surface area contributed by atoms with Gasteiger partial charge in [-0.2, -0.15) is 0 Å². The first-order valence-electron chi connectivity index (χ1n) is 9.02. The summed E-state index contributed by atoms with van der Waals surface area (Å²) in [5.41, 5.74) is 2.91. The molecular formula is C19H23N7. The number of aryl methyl sites for hydroxylation is 1. The zero-order valence-corrected chi connectivity index (χ0v) is 15.2. The predicted molar refractivity (Wildman–Crippen MR) is 99.6 cm³/mol. The minimum atomic E-state index is 0.533. The number of hydrogen-bond acceptors (Lipinski definition) is 6. The van der Waals surface area contributed by atoms with Gasteiger partial charge in [-0.15, -0.1) is 0 Å². The molecule has 0 radical (unpaired) electrons. The van der Waals surface area contributed by atoms with Crippen LogP contribution in [0.3, 0.4) is 0 Å². The summed E-state index contributed by atoms with van der Waals surface area (Å²) in [6.07, 6.45) is 12.4. The fourth-order valence-corrected chi connectivity index (χ4v) is 3.53. The average Bonchev–Trinajstić information content (AvgIpc) is 3.02. The molecule has 26 heavy (non-hydrogen) atoms. The van der Waals surface area contributed by atoms with Crippen LogP contribution in [0.4, 0.5) is 5.95 Å². The van der Waals surface area contributed by atoms with Gasteiger partial charge in [0.25, 0.3) is 0 Å². The molecule has 0 N–H and O–H groups in total. The van der Waals surface area contributed by atoms with Crippen LogP contribution >= 0.6 is 0 Å². The van der Waals surface area contributed by atoms with Crippen molar-refractivity contribution in [3.63, 3.8) is 0 Å². The van der Waals surface area contributed by atoms with Crippen LogP contribution in [0.25, 0.3) is 11.4 Å². The highest BCUT2D eigenvalue weighted by atomic mass is 15.2. The normalized spacial score (nSPS) is 17.5. The van der Waals surface area contributed by atoms with E-state index in [0.717, 1.165) is 54.8 Å². The summed E-state index contributed by atoms with van der Waals surface area (Å²) in [7, 11) is 2.00. The molecule has 1 atom stereocenters. The number of nitrogens with zero attached hydrogens (tertiary/aromatic N) is 7. The summed E-state index contributed by atoms with van der Waals surface area (Å²) in [5, 5.41) is 0. The van der Waals surface area contributed by atoms with Crippen molar-refractivity contribution in [2.45, 2.75) is 26.2 Å². The van der Waals surface area contributed by atoms with Gasteiger partial charge in [-0.25, -0.2) is 19.9 Å². The lowest BCUT2D eigenvalue weighted by Crippen LogP contribution is -2.37. The molecular weight excluding hydrogens is 326 g/mol. The van der Waals surface area contributed by atoms with Crippen molar-refractivity contribution in [1.82, 2.24) is 29.5 Å². The lowest BCUT2D eigenvalue weighted by molar-refractivity contribution is 0.406. The standard InChI is InChI=1S/C19H23N7/c1-14-23-12-18(25(14)2)17-11-20-10-16(24-17)9-15-5-3-8-26(13-15)19-21-6-4-7-22-19/h4,6-7,10-12,15H,3,5,8-9,13H2,1-2H3. The van der Waals surface area contributed by atoms with Crippen molar-refractivity contribution in [1.29, 1.82) is 0 Å². The smallest absolute Gasteiger partial charge is 0.225 e. The Labute approximate surface area is 153 Å². The van der Waals surface area contributed by atoms with E-state index in [-0.39, 0.29) is 0 Å². The van der Waals surface area contributed by atoms with Crippen LogP contribution in [-0.4, -0.2) is 42.6 Å². The molecule has 0 spiro atoms. The van der Waals surface area contributed by atoms with E-state index in [1.807, 2.05) is 43.2 Å². The molecule has 0 amide bonds. The second-order valence-corrected chi connectivity index (χ2v) is 6.85. The maximum absolute atomic E-state index is 4.84. The van der Waals surface area contributed by atoms with Crippen LogP contribution in [0.2, 0.25) is 0 Å².